The van der Waals surface area contributed by atoms with Gasteiger partial charge in [0, 0.05) is 31.5 Å². The summed E-state index contributed by atoms with van der Waals surface area (Å²) in [6.07, 6.45) is -6.01. The maximum atomic E-state index is 13.4. The Morgan fingerprint density at radius 1 is 1.46 bits per heavy atom. The van der Waals surface area contributed by atoms with Crippen LogP contribution >= 0.6 is 11.3 Å². The van der Waals surface area contributed by atoms with Crippen LogP contribution in [0.2, 0.25) is 0 Å². The molecule has 3 heterocycles. The van der Waals surface area contributed by atoms with Crippen molar-refractivity contribution in [2.45, 2.75) is 18.7 Å². The van der Waals surface area contributed by atoms with Gasteiger partial charge in [-0.2, -0.15) is 13.2 Å². The Morgan fingerprint density at radius 3 is 2.77 bits per heavy atom. The lowest BCUT2D eigenvalue weighted by Crippen LogP contribution is -2.29. The van der Waals surface area contributed by atoms with Gasteiger partial charge in [0.2, 0.25) is 5.88 Å². The molecule has 0 spiro atoms. The van der Waals surface area contributed by atoms with Gasteiger partial charge in [0.25, 0.3) is 5.91 Å². The van der Waals surface area contributed by atoms with Crippen molar-refractivity contribution in [3.05, 3.63) is 22.6 Å². The molecule has 26 heavy (non-hydrogen) atoms. The summed E-state index contributed by atoms with van der Waals surface area (Å²) in [4.78, 5) is 28.0. The fourth-order valence-corrected chi connectivity index (χ4v) is 3.74. The van der Waals surface area contributed by atoms with Gasteiger partial charge in [-0.1, -0.05) is 0 Å². The highest BCUT2D eigenvalue weighted by molar-refractivity contribution is 7.17. The lowest BCUT2D eigenvalue weighted by Gasteiger charge is -2.16. The second kappa shape index (κ2) is 6.63. The molecule has 0 unspecified atom stereocenters. The predicted octanol–water partition coefficient (Wildman–Crippen LogP) is 2.81. The number of carbonyl (C=O) groups excluding carboxylic acids is 1. The van der Waals surface area contributed by atoms with Crippen LogP contribution in [0, 0.1) is 0 Å². The summed E-state index contributed by atoms with van der Waals surface area (Å²) in [5.74, 6) is -0.836. The lowest BCUT2D eigenvalue weighted by molar-refractivity contribution is -0.136. The Labute approximate surface area is 149 Å². The Morgan fingerprint density at radius 2 is 2.19 bits per heavy atom. The molecule has 1 saturated heterocycles. The maximum Gasteiger partial charge on any atom is 0.418 e. The maximum absolute atomic E-state index is 13.4. The molecular weight excluding hydrogens is 375 g/mol. The molecule has 0 bridgehead atoms. The van der Waals surface area contributed by atoms with E-state index in [1.165, 1.54) is 12.4 Å². The number of thiophene rings is 1. The highest BCUT2D eigenvalue weighted by Gasteiger charge is 2.36. The van der Waals surface area contributed by atoms with Gasteiger partial charge in [0.1, 0.15) is 6.10 Å². The zero-order chi connectivity index (χ0) is 19.1. The Bertz CT molecular complexity index is 868. The van der Waals surface area contributed by atoms with Gasteiger partial charge in [0.05, 0.1) is 27.9 Å². The second-order valence-corrected chi connectivity index (χ2v) is 6.55. The molecule has 140 valence electrons. The monoisotopic (exact) mass is 389 g/mol. The van der Waals surface area contributed by atoms with E-state index >= 15 is 0 Å². The number of aromatic nitrogens is 1. The van der Waals surface area contributed by atoms with Gasteiger partial charge >= 0.3 is 12.3 Å². The molecule has 2 amide bonds. The number of ether oxygens (including phenoxy) is 1. The minimum Gasteiger partial charge on any atom is -0.472 e. The molecule has 0 aliphatic carbocycles. The van der Waals surface area contributed by atoms with E-state index in [1.807, 2.05) is 0 Å². The molecule has 11 heteroatoms. The van der Waals surface area contributed by atoms with Crippen molar-refractivity contribution in [3.63, 3.8) is 0 Å². The van der Waals surface area contributed by atoms with Crippen LogP contribution in [0.15, 0.2) is 11.4 Å². The quantitative estimate of drug-likeness (QED) is 0.842. The van der Waals surface area contributed by atoms with E-state index in [0.29, 0.717) is 6.42 Å². The molecule has 1 fully saturated rings. The van der Waals surface area contributed by atoms with Crippen LogP contribution in [0.5, 0.6) is 5.88 Å². The summed E-state index contributed by atoms with van der Waals surface area (Å²) in [6, 6.07) is 0.788. The second-order valence-electron chi connectivity index (χ2n) is 5.67. The number of carbonyl (C=O) groups is 2. The highest BCUT2D eigenvalue weighted by Crippen LogP contribution is 2.40. The zero-order valence-corrected chi connectivity index (χ0v) is 14.3. The molecule has 3 rings (SSSR count). The van der Waals surface area contributed by atoms with Crippen LogP contribution in [0.25, 0.3) is 10.2 Å². The number of hydrogen-bond acceptors (Lipinski definition) is 5. The summed E-state index contributed by atoms with van der Waals surface area (Å²) < 4.78 is 45.6. The molecule has 0 radical (unpaired) electrons. The summed E-state index contributed by atoms with van der Waals surface area (Å²) in [5.41, 5.74) is -1.000. The number of pyridine rings is 1. The van der Waals surface area contributed by atoms with Crippen LogP contribution in [0.3, 0.4) is 0 Å². The lowest BCUT2D eigenvalue weighted by atomic mass is 10.2. The number of carboxylic acid groups (broad SMARTS) is 1. The number of fused-ring (bicyclic) bond motifs is 1. The molecule has 1 aliphatic rings. The highest BCUT2D eigenvalue weighted by atomic mass is 32.1. The van der Waals surface area contributed by atoms with Crippen molar-refractivity contribution in [2.75, 3.05) is 20.1 Å². The van der Waals surface area contributed by atoms with Gasteiger partial charge in [-0.05, 0) is 0 Å². The molecule has 2 N–H and O–H groups in total. The van der Waals surface area contributed by atoms with Crippen molar-refractivity contribution in [3.8, 4) is 5.88 Å². The van der Waals surface area contributed by atoms with Crippen molar-refractivity contribution < 1.29 is 32.6 Å². The molecule has 2 aromatic rings. The van der Waals surface area contributed by atoms with Crippen LogP contribution in [-0.4, -0.2) is 53.2 Å². The smallest absolute Gasteiger partial charge is 0.418 e. The summed E-state index contributed by atoms with van der Waals surface area (Å²) in [6.45, 7) is 0.276. The largest absolute Gasteiger partial charge is 0.472 e. The molecule has 2 aromatic heterocycles. The Kier molecular flexibility index (Phi) is 4.65. The molecule has 0 aromatic carbocycles. The number of nitrogens with one attached hydrogen (secondary N) is 1. The third-order valence-corrected chi connectivity index (χ3v) is 4.98. The SMILES string of the molecule is CNC(=O)c1csc2c(C(F)(F)F)cc(O[C@H]3CCN(C(=O)O)C3)nc12. The first kappa shape index (κ1) is 18.2. The molecule has 1 atom stereocenters. The minimum atomic E-state index is -4.65. The fourth-order valence-electron chi connectivity index (χ4n) is 2.72. The molecular formula is C15H14F3N3O4S. The zero-order valence-electron chi connectivity index (χ0n) is 13.5. The van der Waals surface area contributed by atoms with E-state index in [0.717, 1.165) is 22.3 Å². The van der Waals surface area contributed by atoms with Crippen molar-refractivity contribution in [2.24, 2.45) is 0 Å². The van der Waals surface area contributed by atoms with Crippen molar-refractivity contribution >= 4 is 33.6 Å². The normalized spacial score (nSPS) is 17.5. The number of nitrogens with zero attached hydrogens (tertiary/aromatic N) is 2. The minimum absolute atomic E-state index is 0.0297. The van der Waals surface area contributed by atoms with Crippen LogP contribution in [-0.2, 0) is 6.18 Å². The van der Waals surface area contributed by atoms with E-state index in [-0.39, 0.29) is 34.7 Å². The van der Waals surface area contributed by atoms with Gasteiger partial charge in [-0.25, -0.2) is 9.78 Å². The van der Waals surface area contributed by atoms with E-state index in [9.17, 15) is 22.8 Å². The predicted molar refractivity (Wildman–Crippen MR) is 86.6 cm³/mol. The topological polar surface area (TPSA) is 91.8 Å². The van der Waals surface area contributed by atoms with Crippen LogP contribution in [0.1, 0.15) is 22.3 Å². The van der Waals surface area contributed by atoms with Gasteiger partial charge in [-0.15, -0.1) is 11.3 Å². The number of alkyl halides is 3. The molecule has 1 aliphatic heterocycles. The Balaban J connectivity index is 2.00. The van der Waals surface area contributed by atoms with Gasteiger partial charge in [0.15, 0.2) is 0 Å². The average Bonchev–Trinajstić information content (AvgIpc) is 3.19. The van der Waals surface area contributed by atoms with Gasteiger partial charge < -0.3 is 20.1 Å². The Hall–Kier alpha value is -2.56. The summed E-state index contributed by atoms with van der Waals surface area (Å²) in [5, 5.41) is 12.6. The number of halogens is 3. The first-order valence-corrected chi connectivity index (χ1v) is 8.44. The number of hydrogen-bond donors (Lipinski definition) is 2. The summed E-state index contributed by atoms with van der Waals surface area (Å²) >= 11 is 0.782. The standard InChI is InChI=1S/C15H14F3N3O4S/c1-19-13(22)8-6-26-12-9(15(16,17)18)4-10(20-11(8)12)25-7-2-3-21(5-7)14(23)24/h4,6-7H,2-3,5H2,1H3,(H,19,22)(H,23,24)/t7-/m0/s1. The van der Waals surface area contributed by atoms with Crippen LogP contribution < -0.4 is 10.1 Å². The van der Waals surface area contributed by atoms with Gasteiger partial charge in [-0.3, -0.25) is 4.79 Å². The van der Waals surface area contributed by atoms with Crippen molar-refractivity contribution in [1.82, 2.24) is 15.2 Å². The van der Waals surface area contributed by atoms with Crippen LogP contribution in [0.4, 0.5) is 18.0 Å². The van der Waals surface area contributed by atoms with E-state index in [1.54, 1.807) is 0 Å². The first-order valence-electron chi connectivity index (χ1n) is 7.56. The third kappa shape index (κ3) is 3.39. The van der Waals surface area contributed by atoms with E-state index in [4.69, 9.17) is 9.84 Å². The van der Waals surface area contributed by atoms with E-state index in [2.05, 4.69) is 10.3 Å². The summed E-state index contributed by atoms with van der Waals surface area (Å²) in [7, 11) is 1.37. The number of likely N-dealkylation sites (tertiary alicyclic amines) is 1. The first-order chi connectivity index (χ1) is 12.2. The number of rotatable bonds is 3. The number of amides is 2. The third-order valence-electron chi connectivity index (χ3n) is 3.98. The average molecular weight is 389 g/mol. The van der Waals surface area contributed by atoms with Crippen molar-refractivity contribution in [1.29, 1.82) is 0 Å². The van der Waals surface area contributed by atoms with E-state index < -0.39 is 29.8 Å². The fraction of sp³-hybridized carbons (Fsp3) is 0.400. The molecule has 0 saturated carbocycles. The molecule has 7 nitrogen and oxygen atoms in total.